The van der Waals surface area contributed by atoms with Crippen LogP contribution in [0.2, 0.25) is 0 Å². The van der Waals surface area contributed by atoms with Crippen molar-refractivity contribution in [1.29, 1.82) is 0 Å². The number of halogens is 1. The Morgan fingerprint density at radius 3 is 2.67 bits per heavy atom. The summed E-state index contributed by atoms with van der Waals surface area (Å²) in [5.41, 5.74) is 2.25. The van der Waals surface area contributed by atoms with Crippen LogP contribution in [0.3, 0.4) is 0 Å². The van der Waals surface area contributed by atoms with Crippen molar-refractivity contribution in [2.75, 3.05) is 22.1 Å². The van der Waals surface area contributed by atoms with E-state index in [1.54, 1.807) is 6.07 Å². The third-order valence-electron chi connectivity index (χ3n) is 2.18. The van der Waals surface area contributed by atoms with E-state index >= 15 is 0 Å². The number of hydrogen-bond donors (Lipinski definition) is 2. The molecule has 0 bridgehead atoms. The lowest BCUT2D eigenvalue weighted by Gasteiger charge is -2.05. The summed E-state index contributed by atoms with van der Waals surface area (Å²) in [6.07, 6.45) is 0. The Bertz CT molecular complexity index is 621. The van der Waals surface area contributed by atoms with E-state index in [0.29, 0.717) is 10.8 Å². The minimum atomic E-state index is -0.202. The molecule has 0 saturated carbocycles. The zero-order chi connectivity index (χ0) is 15.1. The Labute approximate surface area is 137 Å². The number of carbonyl (C=O) groups is 2. The predicted octanol–water partition coefficient (Wildman–Crippen LogP) is 2.61. The zero-order valence-corrected chi connectivity index (χ0v) is 13.9. The highest BCUT2D eigenvalue weighted by Crippen LogP contribution is 2.16. The Kier molecular flexibility index (Phi) is 6.15. The first kappa shape index (κ1) is 15.9. The van der Waals surface area contributed by atoms with Gasteiger partial charge in [0.05, 0.1) is 11.5 Å². The van der Waals surface area contributed by atoms with Gasteiger partial charge >= 0.3 is 0 Å². The fourth-order valence-electron chi connectivity index (χ4n) is 1.38. The largest absolute Gasteiger partial charge is 0.325 e. The van der Waals surface area contributed by atoms with Crippen LogP contribution < -0.4 is 10.6 Å². The molecule has 0 fully saturated rings. The number of benzene rings is 1. The number of anilines is 2. The number of hydrogen-bond acceptors (Lipinski definition) is 6. The van der Waals surface area contributed by atoms with E-state index in [0.717, 1.165) is 4.47 Å². The van der Waals surface area contributed by atoms with Crippen LogP contribution in [0.15, 0.2) is 34.2 Å². The highest BCUT2D eigenvalue weighted by molar-refractivity contribution is 9.10. The second kappa shape index (κ2) is 8.11. The molecule has 1 aromatic carbocycles. The summed E-state index contributed by atoms with van der Waals surface area (Å²) in [6, 6.07) is 7.32. The van der Waals surface area contributed by atoms with E-state index in [2.05, 4.69) is 36.8 Å². The van der Waals surface area contributed by atoms with Gasteiger partial charge in [0.25, 0.3) is 0 Å². The minimum absolute atomic E-state index is 0.151. The maximum Gasteiger partial charge on any atom is 0.236 e. The summed E-state index contributed by atoms with van der Waals surface area (Å²) >= 11 is 5.81. The monoisotopic (exact) mass is 386 g/mol. The highest BCUT2D eigenvalue weighted by Gasteiger charge is 2.08. The molecule has 2 aromatic rings. The van der Waals surface area contributed by atoms with E-state index in [4.69, 9.17) is 0 Å². The topological polar surface area (TPSA) is 84.0 Å². The molecule has 1 aromatic heterocycles. The van der Waals surface area contributed by atoms with E-state index in [1.807, 2.05) is 18.2 Å². The summed E-state index contributed by atoms with van der Waals surface area (Å²) in [5, 5.41) is 13.1. The molecule has 2 amide bonds. The number of carbonyl (C=O) groups excluding carboxylic acids is 2. The third kappa shape index (κ3) is 5.82. The van der Waals surface area contributed by atoms with Crippen molar-refractivity contribution in [3.05, 3.63) is 34.2 Å². The molecule has 2 N–H and O–H groups in total. The van der Waals surface area contributed by atoms with E-state index < -0.39 is 0 Å². The molecule has 0 unspecified atom stereocenters. The van der Waals surface area contributed by atoms with Gasteiger partial charge in [-0.2, -0.15) is 0 Å². The molecule has 0 atom stereocenters. The summed E-state index contributed by atoms with van der Waals surface area (Å²) in [4.78, 5) is 23.3. The van der Waals surface area contributed by atoms with E-state index in [1.165, 1.54) is 28.6 Å². The molecule has 110 valence electrons. The van der Waals surface area contributed by atoms with Crippen molar-refractivity contribution in [2.24, 2.45) is 0 Å². The fraction of sp³-hybridized carbons (Fsp3) is 0.167. The van der Waals surface area contributed by atoms with Crippen LogP contribution in [0.25, 0.3) is 0 Å². The number of aromatic nitrogens is 2. The van der Waals surface area contributed by atoms with Gasteiger partial charge in [0.1, 0.15) is 5.51 Å². The van der Waals surface area contributed by atoms with Crippen molar-refractivity contribution in [1.82, 2.24) is 10.2 Å². The van der Waals surface area contributed by atoms with Crippen molar-refractivity contribution in [2.45, 2.75) is 0 Å². The van der Waals surface area contributed by atoms with Crippen molar-refractivity contribution < 1.29 is 9.59 Å². The van der Waals surface area contributed by atoms with Crippen molar-refractivity contribution >= 4 is 61.7 Å². The lowest BCUT2D eigenvalue weighted by Crippen LogP contribution is -2.18. The molecular weight excluding hydrogens is 376 g/mol. The maximum atomic E-state index is 11.7. The molecule has 0 saturated heterocycles. The summed E-state index contributed by atoms with van der Waals surface area (Å²) < 4.78 is 0.893. The van der Waals surface area contributed by atoms with Gasteiger partial charge in [0, 0.05) is 10.2 Å². The SMILES string of the molecule is O=C(CSCC(=O)Nc1nncs1)Nc1cccc(Br)c1. The number of rotatable bonds is 6. The van der Waals surface area contributed by atoms with Crippen LogP contribution in [0, 0.1) is 0 Å². The van der Waals surface area contributed by atoms with Crippen molar-refractivity contribution in [3.63, 3.8) is 0 Å². The zero-order valence-electron chi connectivity index (χ0n) is 10.7. The molecule has 0 aliphatic heterocycles. The molecule has 0 radical (unpaired) electrons. The normalized spacial score (nSPS) is 10.1. The Balaban J connectivity index is 1.68. The molecule has 9 heteroatoms. The first-order chi connectivity index (χ1) is 10.1. The Morgan fingerprint density at radius 2 is 2.00 bits per heavy atom. The minimum Gasteiger partial charge on any atom is -0.325 e. The van der Waals surface area contributed by atoms with Gasteiger partial charge in [0.15, 0.2) is 0 Å². The second-order valence-corrected chi connectivity index (χ2v) is 6.58. The Hall–Kier alpha value is -1.45. The molecule has 0 aliphatic rings. The van der Waals surface area contributed by atoms with E-state index in [-0.39, 0.29) is 23.3 Å². The highest BCUT2D eigenvalue weighted by atomic mass is 79.9. The molecule has 0 spiro atoms. The van der Waals surface area contributed by atoms with E-state index in [9.17, 15) is 9.59 Å². The third-order valence-corrected chi connectivity index (χ3v) is 4.21. The molecular formula is C12H11BrN4O2S2. The quantitative estimate of drug-likeness (QED) is 0.796. The number of thioether (sulfide) groups is 1. The lowest BCUT2D eigenvalue weighted by molar-refractivity contribution is -0.114. The number of amides is 2. The van der Waals surface area contributed by atoms with Gasteiger partial charge in [-0.25, -0.2) is 0 Å². The predicted molar refractivity (Wildman–Crippen MR) is 88.6 cm³/mol. The number of nitrogens with one attached hydrogen (secondary N) is 2. The number of nitrogens with zero attached hydrogens (tertiary/aromatic N) is 2. The van der Waals surface area contributed by atoms with Gasteiger partial charge < -0.3 is 5.32 Å². The molecule has 6 nitrogen and oxygen atoms in total. The first-order valence-electron chi connectivity index (χ1n) is 5.82. The molecule has 0 aliphatic carbocycles. The average Bonchev–Trinajstić information content (AvgIpc) is 2.91. The van der Waals surface area contributed by atoms with Crippen LogP contribution >= 0.6 is 39.0 Å². The molecule has 21 heavy (non-hydrogen) atoms. The smallest absolute Gasteiger partial charge is 0.236 e. The summed E-state index contributed by atoms with van der Waals surface area (Å²) in [7, 11) is 0. The van der Waals surface area contributed by atoms with Crippen LogP contribution in [0.5, 0.6) is 0 Å². The van der Waals surface area contributed by atoms with Crippen LogP contribution in [-0.2, 0) is 9.59 Å². The second-order valence-electron chi connectivity index (χ2n) is 3.84. The van der Waals surface area contributed by atoms with Crippen molar-refractivity contribution in [3.8, 4) is 0 Å². The first-order valence-corrected chi connectivity index (χ1v) is 8.65. The standard InChI is InChI=1S/C12H11BrN4O2S2/c13-8-2-1-3-9(4-8)15-10(18)5-20-6-11(19)16-12-17-14-7-21-12/h1-4,7H,5-6H2,(H,15,18)(H,16,17,19). The molecule has 2 rings (SSSR count). The maximum absolute atomic E-state index is 11.7. The Morgan fingerprint density at radius 1 is 1.24 bits per heavy atom. The van der Waals surface area contributed by atoms with Crippen LogP contribution in [0.4, 0.5) is 10.8 Å². The molecule has 1 heterocycles. The van der Waals surface area contributed by atoms with Gasteiger partial charge in [-0.15, -0.1) is 22.0 Å². The fourth-order valence-corrected chi connectivity index (χ4v) is 2.86. The van der Waals surface area contributed by atoms with Gasteiger partial charge in [-0.05, 0) is 18.2 Å². The van der Waals surface area contributed by atoms with Crippen LogP contribution in [-0.4, -0.2) is 33.5 Å². The lowest BCUT2D eigenvalue weighted by atomic mass is 10.3. The average molecular weight is 387 g/mol. The van der Waals surface area contributed by atoms with Crippen LogP contribution in [0.1, 0.15) is 0 Å². The van der Waals surface area contributed by atoms with Gasteiger partial charge in [0.2, 0.25) is 16.9 Å². The summed E-state index contributed by atoms with van der Waals surface area (Å²) in [5.74, 6) is 0.0375. The summed E-state index contributed by atoms with van der Waals surface area (Å²) in [6.45, 7) is 0. The van der Waals surface area contributed by atoms with Gasteiger partial charge in [-0.1, -0.05) is 33.3 Å². The van der Waals surface area contributed by atoms with Gasteiger partial charge in [-0.3, -0.25) is 14.9 Å².